The van der Waals surface area contributed by atoms with Gasteiger partial charge < -0.3 is 10.2 Å². The molecule has 132 valence electrons. The number of likely N-dealkylation sites (tertiary alicyclic amines) is 1. The van der Waals surface area contributed by atoms with E-state index in [1.807, 2.05) is 19.9 Å². The van der Waals surface area contributed by atoms with Gasteiger partial charge in [0.1, 0.15) is 0 Å². The molecule has 1 fully saturated rings. The first-order chi connectivity index (χ1) is 11.1. The van der Waals surface area contributed by atoms with E-state index < -0.39 is 23.5 Å². The molecule has 0 atom stereocenters. The highest BCUT2D eigenvalue weighted by atomic mass is 19.4. The molecule has 0 radical (unpaired) electrons. The second-order valence-electron chi connectivity index (χ2n) is 6.39. The van der Waals surface area contributed by atoms with Crippen LogP contribution >= 0.6 is 0 Å². The van der Waals surface area contributed by atoms with Crippen molar-refractivity contribution in [3.63, 3.8) is 0 Å². The number of carbonyl (C=O) groups excluding carboxylic acids is 2. The summed E-state index contributed by atoms with van der Waals surface area (Å²) in [6.07, 6.45) is -2.81. The van der Waals surface area contributed by atoms with Crippen LogP contribution in [0.25, 0.3) is 0 Å². The van der Waals surface area contributed by atoms with Gasteiger partial charge >= 0.3 is 12.1 Å². The van der Waals surface area contributed by atoms with Crippen LogP contribution in [0.1, 0.15) is 32.4 Å². The minimum atomic E-state index is -4.87. The van der Waals surface area contributed by atoms with E-state index in [9.17, 15) is 22.8 Å². The number of hydrogen-bond donors (Lipinski definition) is 1. The molecular formula is C16H20F3N3O2. The van der Waals surface area contributed by atoms with E-state index in [0.717, 1.165) is 4.90 Å². The Kier molecular flexibility index (Phi) is 5.15. The molecule has 1 aromatic heterocycles. The number of rotatable bonds is 3. The first kappa shape index (κ1) is 18.2. The van der Waals surface area contributed by atoms with Crippen molar-refractivity contribution < 1.29 is 22.8 Å². The van der Waals surface area contributed by atoms with Gasteiger partial charge in [0.2, 0.25) is 5.91 Å². The summed E-state index contributed by atoms with van der Waals surface area (Å²) in [6, 6.07) is 5.39. The van der Waals surface area contributed by atoms with E-state index in [2.05, 4.69) is 10.3 Å². The van der Waals surface area contributed by atoms with E-state index in [0.29, 0.717) is 5.69 Å². The summed E-state index contributed by atoms with van der Waals surface area (Å²) in [6.45, 7) is 3.49. The highest BCUT2D eigenvalue weighted by Gasteiger charge is 2.44. The average Bonchev–Trinajstić information content (AvgIpc) is 2.54. The van der Waals surface area contributed by atoms with Crippen molar-refractivity contribution >= 4 is 11.8 Å². The number of hydrogen-bond acceptors (Lipinski definition) is 3. The maximum Gasteiger partial charge on any atom is 0.471 e. The molecule has 0 saturated carbocycles. The molecule has 2 rings (SSSR count). The Morgan fingerprint density at radius 1 is 1.21 bits per heavy atom. The van der Waals surface area contributed by atoms with Crippen LogP contribution in [0.2, 0.25) is 0 Å². The third-order valence-electron chi connectivity index (χ3n) is 4.14. The van der Waals surface area contributed by atoms with Crippen molar-refractivity contribution in [2.45, 2.75) is 38.4 Å². The Morgan fingerprint density at radius 2 is 1.83 bits per heavy atom. The molecule has 1 aromatic rings. The number of amides is 2. The van der Waals surface area contributed by atoms with E-state index in [-0.39, 0.29) is 31.8 Å². The number of alkyl halides is 3. The van der Waals surface area contributed by atoms with Gasteiger partial charge in [-0.2, -0.15) is 13.2 Å². The highest BCUT2D eigenvalue weighted by molar-refractivity contribution is 5.83. The van der Waals surface area contributed by atoms with E-state index in [4.69, 9.17) is 0 Å². The Bertz CT molecular complexity index is 594. The van der Waals surface area contributed by atoms with Crippen molar-refractivity contribution in [3.05, 3.63) is 30.1 Å². The van der Waals surface area contributed by atoms with Gasteiger partial charge in [-0.3, -0.25) is 14.6 Å². The average molecular weight is 343 g/mol. The predicted octanol–water partition coefficient (Wildman–Crippen LogP) is 2.23. The second kappa shape index (κ2) is 6.78. The monoisotopic (exact) mass is 343 g/mol. The largest absolute Gasteiger partial charge is 0.471 e. The normalized spacial score (nSPS) is 16.8. The minimum Gasteiger partial charge on any atom is -0.345 e. The third-order valence-corrected chi connectivity index (χ3v) is 4.14. The SMILES string of the molecule is CC(C)(NC(=O)C1CCN(C(=O)C(F)(F)F)CC1)c1ccccn1. The van der Waals surface area contributed by atoms with E-state index >= 15 is 0 Å². The smallest absolute Gasteiger partial charge is 0.345 e. The molecule has 1 aliphatic rings. The van der Waals surface area contributed by atoms with Gasteiger partial charge in [0, 0.05) is 25.2 Å². The molecule has 0 spiro atoms. The van der Waals surface area contributed by atoms with Crippen LogP contribution < -0.4 is 5.32 Å². The number of halogens is 3. The Labute approximate surface area is 138 Å². The zero-order valence-electron chi connectivity index (χ0n) is 13.6. The van der Waals surface area contributed by atoms with Gasteiger partial charge in [-0.25, -0.2) is 0 Å². The van der Waals surface area contributed by atoms with E-state index in [1.165, 1.54) is 0 Å². The van der Waals surface area contributed by atoms with E-state index in [1.54, 1.807) is 18.3 Å². The predicted molar refractivity (Wildman–Crippen MR) is 80.8 cm³/mol. The summed E-state index contributed by atoms with van der Waals surface area (Å²) in [5.41, 5.74) is 0.0140. The number of carbonyl (C=O) groups is 2. The summed E-state index contributed by atoms with van der Waals surface area (Å²) >= 11 is 0. The third kappa shape index (κ3) is 4.24. The van der Waals surface area contributed by atoms with Crippen molar-refractivity contribution in [2.75, 3.05) is 13.1 Å². The molecule has 24 heavy (non-hydrogen) atoms. The number of pyridine rings is 1. The van der Waals surface area contributed by atoms with Crippen LogP contribution in [0, 0.1) is 5.92 Å². The maximum atomic E-state index is 12.4. The van der Waals surface area contributed by atoms with Gasteiger partial charge in [-0.1, -0.05) is 6.07 Å². The molecule has 2 amide bonds. The molecule has 5 nitrogen and oxygen atoms in total. The molecule has 0 bridgehead atoms. The lowest BCUT2D eigenvalue weighted by Gasteiger charge is -2.34. The molecule has 0 aromatic carbocycles. The highest BCUT2D eigenvalue weighted by Crippen LogP contribution is 2.25. The fourth-order valence-corrected chi connectivity index (χ4v) is 2.73. The summed E-state index contributed by atoms with van der Waals surface area (Å²) in [5, 5.41) is 2.89. The van der Waals surface area contributed by atoms with Gasteiger partial charge in [0.05, 0.1) is 11.2 Å². The summed E-state index contributed by atoms with van der Waals surface area (Å²) < 4.78 is 37.3. The Morgan fingerprint density at radius 3 is 2.33 bits per heavy atom. The summed E-state index contributed by atoms with van der Waals surface area (Å²) in [4.78, 5) is 28.6. The molecule has 8 heteroatoms. The lowest BCUT2D eigenvalue weighted by atomic mass is 9.93. The van der Waals surface area contributed by atoms with Crippen molar-refractivity contribution in [1.29, 1.82) is 0 Å². The van der Waals surface area contributed by atoms with Crippen LogP contribution in [0.15, 0.2) is 24.4 Å². The number of nitrogens with one attached hydrogen (secondary N) is 1. The fourth-order valence-electron chi connectivity index (χ4n) is 2.73. The van der Waals surface area contributed by atoms with Gasteiger partial charge in [0.25, 0.3) is 0 Å². The van der Waals surface area contributed by atoms with Crippen LogP contribution in [-0.2, 0) is 15.1 Å². The quantitative estimate of drug-likeness (QED) is 0.915. The van der Waals surface area contributed by atoms with Crippen LogP contribution in [0.3, 0.4) is 0 Å². The second-order valence-corrected chi connectivity index (χ2v) is 6.39. The standard InChI is InChI=1S/C16H20F3N3O2/c1-15(2,12-5-3-4-8-20-12)21-13(23)11-6-9-22(10-7-11)14(24)16(17,18)19/h3-5,8,11H,6-7,9-10H2,1-2H3,(H,21,23). The topological polar surface area (TPSA) is 62.3 Å². The Balaban J connectivity index is 1.93. The molecular weight excluding hydrogens is 323 g/mol. The molecule has 1 aliphatic heterocycles. The minimum absolute atomic E-state index is 0.0690. The van der Waals surface area contributed by atoms with Crippen molar-refractivity contribution in [2.24, 2.45) is 5.92 Å². The molecule has 1 saturated heterocycles. The Hall–Kier alpha value is -2.12. The van der Waals surface area contributed by atoms with Crippen LogP contribution in [0.4, 0.5) is 13.2 Å². The van der Waals surface area contributed by atoms with Gasteiger partial charge in [-0.15, -0.1) is 0 Å². The molecule has 2 heterocycles. The lowest BCUT2D eigenvalue weighted by molar-refractivity contribution is -0.186. The zero-order chi connectivity index (χ0) is 18.0. The first-order valence-corrected chi connectivity index (χ1v) is 7.71. The number of nitrogens with zero attached hydrogens (tertiary/aromatic N) is 2. The maximum absolute atomic E-state index is 12.4. The molecule has 0 aliphatic carbocycles. The zero-order valence-corrected chi connectivity index (χ0v) is 13.6. The van der Waals surface area contributed by atoms with Gasteiger partial charge in [-0.05, 0) is 38.8 Å². The number of piperidine rings is 1. The fraction of sp³-hybridized carbons (Fsp3) is 0.562. The summed E-state index contributed by atoms with van der Waals surface area (Å²) in [7, 11) is 0. The molecule has 1 N–H and O–H groups in total. The first-order valence-electron chi connectivity index (χ1n) is 7.71. The van der Waals surface area contributed by atoms with Crippen molar-refractivity contribution in [3.8, 4) is 0 Å². The lowest BCUT2D eigenvalue weighted by Crippen LogP contribution is -2.50. The van der Waals surface area contributed by atoms with Crippen LogP contribution in [0.5, 0.6) is 0 Å². The van der Waals surface area contributed by atoms with Crippen LogP contribution in [-0.4, -0.2) is 41.0 Å². The molecule has 0 unspecified atom stereocenters. The van der Waals surface area contributed by atoms with Gasteiger partial charge in [0.15, 0.2) is 0 Å². The summed E-state index contributed by atoms with van der Waals surface area (Å²) in [5.74, 6) is -2.48. The van der Waals surface area contributed by atoms with Crippen molar-refractivity contribution in [1.82, 2.24) is 15.2 Å². The number of aromatic nitrogens is 1.